The van der Waals surface area contributed by atoms with Crippen molar-refractivity contribution in [3.05, 3.63) is 47.7 Å². The summed E-state index contributed by atoms with van der Waals surface area (Å²) in [6.07, 6.45) is 1.68. The quantitative estimate of drug-likeness (QED) is 0.831. The third-order valence-electron chi connectivity index (χ3n) is 2.39. The number of rotatable bonds is 4. The summed E-state index contributed by atoms with van der Waals surface area (Å²) >= 11 is 0. The first kappa shape index (κ1) is 11.3. The molecule has 2 aromatic rings. The molecular weight excluding hydrogens is 218 g/mol. The van der Waals surface area contributed by atoms with Crippen LogP contribution in [-0.2, 0) is 17.8 Å². The van der Waals surface area contributed by atoms with E-state index in [1.54, 1.807) is 6.07 Å². The molecule has 3 N–H and O–H groups in total. The fourth-order valence-electron chi connectivity index (χ4n) is 1.57. The van der Waals surface area contributed by atoms with Crippen LogP contribution in [0.3, 0.4) is 0 Å². The smallest absolute Gasteiger partial charge is 0.230 e. The molecule has 0 saturated carbocycles. The van der Waals surface area contributed by atoms with Gasteiger partial charge in [-0.2, -0.15) is 0 Å². The van der Waals surface area contributed by atoms with E-state index in [0.717, 1.165) is 11.1 Å². The molecule has 0 fully saturated rings. The maximum absolute atomic E-state index is 11.7. The topological polar surface area (TPSA) is 81.2 Å². The second-order valence-corrected chi connectivity index (χ2v) is 3.58. The SMILES string of the molecule is NCc1ccccc1CC(=O)Nc1ccon1. The van der Waals surface area contributed by atoms with Crippen LogP contribution in [0, 0.1) is 0 Å². The van der Waals surface area contributed by atoms with Gasteiger partial charge in [-0.3, -0.25) is 4.79 Å². The van der Waals surface area contributed by atoms with Crippen molar-refractivity contribution >= 4 is 11.7 Å². The Bertz CT molecular complexity index is 494. The summed E-state index contributed by atoms with van der Waals surface area (Å²) in [7, 11) is 0. The Morgan fingerprint density at radius 3 is 2.71 bits per heavy atom. The highest BCUT2D eigenvalue weighted by molar-refractivity contribution is 5.91. The van der Waals surface area contributed by atoms with Gasteiger partial charge in [0.2, 0.25) is 5.91 Å². The normalized spacial score (nSPS) is 10.2. The first-order chi connectivity index (χ1) is 8.29. The lowest BCUT2D eigenvalue weighted by molar-refractivity contribution is -0.115. The molecule has 5 heteroatoms. The predicted molar refractivity (Wildman–Crippen MR) is 63.2 cm³/mol. The summed E-state index contributed by atoms with van der Waals surface area (Å²) < 4.78 is 4.63. The van der Waals surface area contributed by atoms with Gasteiger partial charge in [0.25, 0.3) is 0 Å². The van der Waals surface area contributed by atoms with Gasteiger partial charge in [0.05, 0.1) is 6.42 Å². The number of hydrogen-bond acceptors (Lipinski definition) is 4. The summed E-state index contributed by atoms with van der Waals surface area (Å²) in [4.78, 5) is 11.7. The van der Waals surface area contributed by atoms with Gasteiger partial charge in [-0.1, -0.05) is 29.4 Å². The summed E-state index contributed by atoms with van der Waals surface area (Å²) in [5.41, 5.74) is 7.51. The fraction of sp³-hybridized carbons (Fsp3) is 0.167. The van der Waals surface area contributed by atoms with E-state index in [9.17, 15) is 4.79 Å². The number of carbonyl (C=O) groups is 1. The van der Waals surface area contributed by atoms with Crippen LogP contribution in [0.15, 0.2) is 41.1 Å². The van der Waals surface area contributed by atoms with Gasteiger partial charge in [-0.15, -0.1) is 0 Å². The molecule has 0 bridgehead atoms. The Balaban J connectivity index is 2.03. The minimum atomic E-state index is -0.139. The minimum absolute atomic E-state index is 0.139. The van der Waals surface area contributed by atoms with Crippen LogP contribution in [0.2, 0.25) is 0 Å². The number of nitrogens with one attached hydrogen (secondary N) is 1. The van der Waals surface area contributed by atoms with Gasteiger partial charge in [0.1, 0.15) is 6.26 Å². The summed E-state index contributed by atoms with van der Waals surface area (Å²) in [6.45, 7) is 0.424. The standard InChI is InChI=1S/C12H13N3O2/c13-8-10-4-2-1-3-9(10)7-12(16)14-11-5-6-17-15-11/h1-6H,7-8,13H2,(H,14,15,16). The average molecular weight is 231 g/mol. The van der Waals surface area contributed by atoms with Crippen molar-refractivity contribution in [3.8, 4) is 0 Å². The highest BCUT2D eigenvalue weighted by atomic mass is 16.5. The van der Waals surface area contributed by atoms with Crippen molar-refractivity contribution in [3.63, 3.8) is 0 Å². The summed E-state index contributed by atoms with van der Waals surface area (Å²) in [5, 5.41) is 6.25. The zero-order valence-corrected chi connectivity index (χ0v) is 9.22. The van der Waals surface area contributed by atoms with E-state index in [2.05, 4.69) is 15.0 Å². The third kappa shape index (κ3) is 2.92. The Hall–Kier alpha value is -2.14. The van der Waals surface area contributed by atoms with E-state index in [1.807, 2.05) is 24.3 Å². The van der Waals surface area contributed by atoms with Gasteiger partial charge in [0, 0.05) is 12.6 Å². The van der Waals surface area contributed by atoms with Crippen molar-refractivity contribution < 1.29 is 9.32 Å². The molecule has 0 aliphatic rings. The average Bonchev–Trinajstić information content (AvgIpc) is 2.82. The van der Waals surface area contributed by atoms with Crippen molar-refractivity contribution in [2.24, 2.45) is 5.73 Å². The van der Waals surface area contributed by atoms with Crippen LogP contribution in [0.5, 0.6) is 0 Å². The molecular formula is C12H13N3O2. The van der Waals surface area contributed by atoms with E-state index in [0.29, 0.717) is 12.4 Å². The van der Waals surface area contributed by atoms with Crippen molar-refractivity contribution in [2.45, 2.75) is 13.0 Å². The number of benzene rings is 1. The van der Waals surface area contributed by atoms with E-state index >= 15 is 0 Å². The maximum Gasteiger partial charge on any atom is 0.230 e. The summed E-state index contributed by atoms with van der Waals surface area (Å²) in [5.74, 6) is 0.278. The van der Waals surface area contributed by atoms with Gasteiger partial charge in [-0.05, 0) is 11.1 Å². The van der Waals surface area contributed by atoms with Gasteiger partial charge >= 0.3 is 0 Å². The van der Waals surface area contributed by atoms with Crippen LogP contribution in [0.4, 0.5) is 5.82 Å². The van der Waals surface area contributed by atoms with Crippen LogP contribution in [0.25, 0.3) is 0 Å². The zero-order chi connectivity index (χ0) is 12.1. The molecule has 0 radical (unpaired) electrons. The van der Waals surface area contributed by atoms with E-state index in [-0.39, 0.29) is 12.3 Å². The number of nitrogens with zero attached hydrogens (tertiary/aromatic N) is 1. The number of anilines is 1. The van der Waals surface area contributed by atoms with Crippen molar-refractivity contribution in [2.75, 3.05) is 5.32 Å². The molecule has 0 atom stereocenters. The number of nitrogens with two attached hydrogens (primary N) is 1. The van der Waals surface area contributed by atoms with Gasteiger partial charge in [0.15, 0.2) is 5.82 Å². The lowest BCUT2D eigenvalue weighted by Crippen LogP contribution is -2.16. The predicted octanol–water partition coefficient (Wildman–Crippen LogP) is 1.31. The van der Waals surface area contributed by atoms with Crippen LogP contribution in [0.1, 0.15) is 11.1 Å². The molecule has 1 amide bonds. The molecule has 1 aromatic heterocycles. The third-order valence-corrected chi connectivity index (χ3v) is 2.39. The van der Waals surface area contributed by atoms with Crippen LogP contribution >= 0.6 is 0 Å². The first-order valence-corrected chi connectivity index (χ1v) is 5.26. The van der Waals surface area contributed by atoms with Crippen molar-refractivity contribution in [1.82, 2.24) is 5.16 Å². The number of aromatic nitrogens is 1. The summed E-state index contributed by atoms with van der Waals surface area (Å²) in [6, 6.07) is 9.19. The minimum Gasteiger partial charge on any atom is -0.363 e. The highest BCUT2D eigenvalue weighted by Crippen LogP contribution is 2.10. The number of carbonyl (C=O) groups excluding carboxylic acids is 1. The maximum atomic E-state index is 11.7. The molecule has 5 nitrogen and oxygen atoms in total. The molecule has 88 valence electrons. The van der Waals surface area contributed by atoms with E-state index in [4.69, 9.17) is 5.73 Å². The van der Waals surface area contributed by atoms with E-state index < -0.39 is 0 Å². The van der Waals surface area contributed by atoms with Gasteiger partial charge in [-0.25, -0.2) is 0 Å². The molecule has 1 aromatic carbocycles. The van der Waals surface area contributed by atoms with Crippen molar-refractivity contribution in [1.29, 1.82) is 0 Å². The second kappa shape index (κ2) is 5.27. The fourth-order valence-corrected chi connectivity index (χ4v) is 1.57. The molecule has 0 aliphatic carbocycles. The van der Waals surface area contributed by atoms with Gasteiger partial charge < -0.3 is 15.6 Å². The van der Waals surface area contributed by atoms with Crippen LogP contribution in [-0.4, -0.2) is 11.1 Å². The highest BCUT2D eigenvalue weighted by Gasteiger charge is 2.08. The molecule has 17 heavy (non-hydrogen) atoms. The van der Waals surface area contributed by atoms with E-state index in [1.165, 1.54) is 6.26 Å². The molecule has 0 aliphatic heterocycles. The molecule has 2 rings (SSSR count). The Morgan fingerprint density at radius 1 is 1.29 bits per heavy atom. The Morgan fingerprint density at radius 2 is 2.06 bits per heavy atom. The lowest BCUT2D eigenvalue weighted by atomic mass is 10.0. The van der Waals surface area contributed by atoms with Crippen LogP contribution < -0.4 is 11.1 Å². The zero-order valence-electron chi connectivity index (χ0n) is 9.22. The number of hydrogen-bond donors (Lipinski definition) is 2. The molecule has 0 spiro atoms. The monoisotopic (exact) mass is 231 g/mol. The lowest BCUT2D eigenvalue weighted by Gasteiger charge is -2.06. The number of amides is 1. The first-order valence-electron chi connectivity index (χ1n) is 5.26. The molecule has 0 saturated heterocycles. The largest absolute Gasteiger partial charge is 0.363 e. The second-order valence-electron chi connectivity index (χ2n) is 3.58. The Labute approximate surface area is 98.6 Å². The molecule has 1 heterocycles. The Kier molecular flexibility index (Phi) is 3.52. The molecule has 0 unspecified atom stereocenters.